The van der Waals surface area contributed by atoms with Crippen LogP contribution in [0.5, 0.6) is 0 Å². The Morgan fingerprint density at radius 2 is 2.00 bits per heavy atom. The van der Waals surface area contributed by atoms with Gasteiger partial charge in [-0.2, -0.15) is 0 Å². The average molecular weight is 174 g/mol. The van der Waals surface area contributed by atoms with Crippen LogP contribution in [0.15, 0.2) is 0 Å². The molecule has 4 nitrogen and oxygen atoms in total. The number of rotatable bonds is 6. The van der Waals surface area contributed by atoms with E-state index < -0.39 is 24.3 Å². The fourth-order valence-electron chi connectivity index (χ4n) is 0.792. The van der Waals surface area contributed by atoms with E-state index in [4.69, 9.17) is 10.2 Å². The van der Waals surface area contributed by atoms with Crippen molar-refractivity contribution < 1.29 is 19.8 Å². The third kappa shape index (κ3) is 3.59. The van der Waals surface area contributed by atoms with Crippen LogP contribution in [0.25, 0.3) is 0 Å². The van der Waals surface area contributed by atoms with Gasteiger partial charge in [0.2, 0.25) is 11.6 Å². The molecule has 0 bridgehead atoms. The van der Waals surface area contributed by atoms with Gasteiger partial charge >= 0.3 is 0 Å². The number of Topliss-reactive ketones (excluding diaryl/α,β-unsaturated/α-hetero) is 2. The molecule has 12 heavy (non-hydrogen) atoms. The maximum Gasteiger partial charge on any atom is 0.229 e. The van der Waals surface area contributed by atoms with Gasteiger partial charge in [-0.15, -0.1) is 0 Å². The molecule has 0 radical (unpaired) electrons. The molecule has 0 fully saturated rings. The molecule has 0 aliphatic carbocycles. The summed E-state index contributed by atoms with van der Waals surface area (Å²) < 4.78 is 0. The van der Waals surface area contributed by atoms with Crippen molar-refractivity contribution >= 4 is 11.6 Å². The molecule has 0 aromatic carbocycles. The number of aliphatic hydroxyl groups is 2. The minimum Gasteiger partial charge on any atom is -0.388 e. The van der Waals surface area contributed by atoms with Gasteiger partial charge in [0, 0.05) is 0 Å². The maximum atomic E-state index is 10.8. The van der Waals surface area contributed by atoms with Gasteiger partial charge in [0.05, 0.1) is 0 Å². The van der Waals surface area contributed by atoms with Gasteiger partial charge in [0.1, 0.15) is 12.7 Å². The zero-order valence-electron chi connectivity index (χ0n) is 7.12. The smallest absolute Gasteiger partial charge is 0.229 e. The molecule has 70 valence electrons. The molecular weight excluding hydrogens is 160 g/mol. The van der Waals surface area contributed by atoms with Crippen LogP contribution in [0.1, 0.15) is 26.2 Å². The van der Waals surface area contributed by atoms with Crippen LogP contribution in [0, 0.1) is 0 Å². The summed E-state index contributed by atoms with van der Waals surface area (Å²) in [6.07, 6.45) is 0.620. The van der Waals surface area contributed by atoms with Gasteiger partial charge in [0.15, 0.2) is 0 Å². The van der Waals surface area contributed by atoms with E-state index in [9.17, 15) is 9.59 Å². The van der Waals surface area contributed by atoms with E-state index >= 15 is 0 Å². The fraction of sp³-hybridized carbons (Fsp3) is 0.750. The maximum absolute atomic E-state index is 10.8. The van der Waals surface area contributed by atoms with E-state index in [0.29, 0.717) is 12.8 Å². The van der Waals surface area contributed by atoms with Crippen LogP contribution >= 0.6 is 0 Å². The molecule has 0 heterocycles. The zero-order chi connectivity index (χ0) is 9.56. The molecule has 0 saturated heterocycles. The molecular formula is C8H14O4. The molecule has 1 unspecified atom stereocenters. The van der Waals surface area contributed by atoms with Gasteiger partial charge in [-0.05, 0) is 6.42 Å². The van der Waals surface area contributed by atoms with Gasteiger partial charge in [-0.1, -0.05) is 19.8 Å². The number of hydrogen-bond acceptors (Lipinski definition) is 4. The quantitative estimate of drug-likeness (QED) is 0.540. The Kier molecular flexibility index (Phi) is 5.49. The number of aliphatic hydroxyl groups excluding tert-OH is 2. The van der Waals surface area contributed by atoms with E-state index in [1.807, 2.05) is 6.92 Å². The van der Waals surface area contributed by atoms with E-state index in [1.54, 1.807) is 0 Å². The predicted molar refractivity (Wildman–Crippen MR) is 42.6 cm³/mol. The van der Waals surface area contributed by atoms with Crippen LogP contribution in [0.2, 0.25) is 0 Å². The summed E-state index contributed by atoms with van der Waals surface area (Å²) in [6.45, 7) is 1.10. The van der Waals surface area contributed by atoms with Gasteiger partial charge in [0.25, 0.3) is 0 Å². The number of carbonyl (C=O) groups excluding carboxylic acids is 2. The SMILES string of the molecule is CCCCC(O)C(=O)C(=O)CO. The first-order valence-electron chi connectivity index (χ1n) is 3.99. The molecule has 2 N–H and O–H groups in total. The van der Waals surface area contributed by atoms with Crippen molar-refractivity contribution in [3.63, 3.8) is 0 Å². The Labute approximate surface area is 71.2 Å². The lowest BCUT2D eigenvalue weighted by molar-refractivity contribution is -0.143. The highest BCUT2D eigenvalue weighted by molar-refractivity contribution is 6.39. The summed E-state index contributed by atoms with van der Waals surface area (Å²) in [5.74, 6) is -1.80. The molecule has 1 atom stereocenters. The highest BCUT2D eigenvalue weighted by Gasteiger charge is 2.20. The standard InChI is InChI=1S/C8H14O4/c1-2-3-4-6(10)8(12)7(11)5-9/h6,9-10H,2-5H2,1H3. The lowest BCUT2D eigenvalue weighted by Crippen LogP contribution is -2.30. The van der Waals surface area contributed by atoms with Crippen molar-refractivity contribution in [3.05, 3.63) is 0 Å². The molecule has 0 rings (SSSR count). The molecule has 0 aliphatic heterocycles. The van der Waals surface area contributed by atoms with Gasteiger partial charge in [-0.3, -0.25) is 9.59 Å². The van der Waals surface area contributed by atoms with E-state index in [0.717, 1.165) is 6.42 Å². The molecule has 0 saturated carbocycles. The summed E-state index contributed by atoms with van der Waals surface area (Å²) in [4.78, 5) is 21.4. The van der Waals surface area contributed by atoms with Crippen molar-refractivity contribution in [2.75, 3.05) is 6.61 Å². The monoisotopic (exact) mass is 174 g/mol. The van der Waals surface area contributed by atoms with E-state index in [2.05, 4.69) is 0 Å². The Hall–Kier alpha value is -0.740. The lowest BCUT2D eigenvalue weighted by Gasteiger charge is -2.05. The third-order valence-electron chi connectivity index (χ3n) is 1.55. The first-order chi connectivity index (χ1) is 5.63. The average Bonchev–Trinajstić information content (AvgIpc) is 2.11. The second-order valence-corrected chi connectivity index (χ2v) is 2.60. The fourth-order valence-corrected chi connectivity index (χ4v) is 0.792. The number of ketones is 2. The summed E-state index contributed by atoms with van der Waals surface area (Å²) in [7, 11) is 0. The van der Waals surface area contributed by atoms with Crippen molar-refractivity contribution in [2.24, 2.45) is 0 Å². The largest absolute Gasteiger partial charge is 0.388 e. The number of unbranched alkanes of at least 4 members (excludes halogenated alkanes) is 1. The minimum atomic E-state index is -1.23. The molecule has 0 aliphatic rings. The van der Waals surface area contributed by atoms with Crippen molar-refractivity contribution in [2.45, 2.75) is 32.3 Å². The highest BCUT2D eigenvalue weighted by Crippen LogP contribution is 2.01. The molecule has 0 aromatic rings. The molecule has 4 heteroatoms. The molecule has 0 aromatic heterocycles. The highest BCUT2D eigenvalue weighted by atomic mass is 16.3. The number of carbonyl (C=O) groups is 2. The molecule has 0 spiro atoms. The van der Waals surface area contributed by atoms with Crippen LogP contribution in [-0.4, -0.2) is 34.5 Å². The van der Waals surface area contributed by atoms with Crippen molar-refractivity contribution in [1.82, 2.24) is 0 Å². The first-order valence-corrected chi connectivity index (χ1v) is 3.99. The first kappa shape index (κ1) is 11.3. The Morgan fingerprint density at radius 3 is 2.42 bits per heavy atom. The summed E-state index contributed by atoms with van der Waals surface area (Å²) >= 11 is 0. The topological polar surface area (TPSA) is 74.6 Å². The lowest BCUT2D eigenvalue weighted by atomic mass is 10.1. The normalized spacial score (nSPS) is 12.6. The van der Waals surface area contributed by atoms with Crippen LogP contribution in [0.4, 0.5) is 0 Å². The third-order valence-corrected chi connectivity index (χ3v) is 1.55. The van der Waals surface area contributed by atoms with Crippen molar-refractivity contribution in [3.8, 4) is 0 Å². The minimum absolute atomic E-state index is 0.293. The van der Waals surface area contributed by atoms with E-state index in [1.165, 1.54) is 0 Å². The van der Waals surface area contributed by atoms with Gasteiger partial charge in [-0.25, -0.2) is 0 Å². The predicted octanol–water partition coefficient (Wildman–Crippen LogP) is -0.332. The van der Waals surface area contributed by atoms with Crippen molar-refractivity contribution in [1.29, 1.82) is 0 Å². The van der Waals surface area contributed by atoms with Crippen LogP contribution in [0.3, 0.4) is 0 Å². The Morgan fingerprint density at radius 1 is 1.42 bits per heavy atom. The number of hydrogen-bond donors (Lipinski definition) is 2. The molecule has 0 amide bonds. The second kappa shape index (κ2) is 5.85. The Bertz CT molecular complexity index is 164. The van der Waals surface area contributed by atoms with Gasteiger partial charge < -0.3 is 10.2 Å². The Balaban J connectivity index is 3.84. The zero-order valence-corrected chi connectivity index (χ0v) is 7.12. The van der Waals surface area contributed by atoms with Crippen LogP contribution < -0.4 is 0 Å². The van der Waals surface area contributed by atoms with Crippen LogP contribution in [-0.2, 0) is 9.59 Å². The second-order valence-electron chi connectivity index (χ2n) is 2.60. The van der Waals surface area contributed by atoms with E-state index in [-0.39, 0.29) is 0 Å². The summed E-state index contributed by atoms with van der Waals surface area (Å²) in [5.41, 5.74) is 0. The summed E-state index contributed by atoms with van der Waals surface area (Å²) in [6, 6.07) is 0. The summed E-state index contributed by atoms with van der Waals surface area (Å²) in [5, 5.41) is 17.4.